The number of carbonyl (C=O) groups is 1. The van der Waals surface area contributed by atoms with Crippen molar-refractivity contribution in [1.82, 2.24) is 5.32 Å². The summed E-state index contributed by atoms with van der Waals surface area (Å²) < 4.78 is 11.0. The van der Waals surface area contributed by atoms with Crippen LogP contribution in [0.25, 0.3) is 0 Å². The quantitative estimate of drug-likeness (QED) is 0.920. The van der Waals surface area contributed by atoms with Gasteiger partial charge >= 0.3 is 0 Å². The number of ether oxygens (including phenoxy) is 2. The molecule has 0 aliphatic carbocycles. The van der Waals surface area contributed by atoms with Gasteiger partial charge in [-0.2, -0.15) is 0 Å². The third-order valence-electron chi connectivity index (χ3n) is 3.54. The number of nitrogens with one attached hydrogen (secondary N) is 1. The molecule has 4 nitrogen and oxygen atoms in total. The van der Waals surface area contributed by atoms with Crippen molar-refractivity contribution in [3.63, 3.8) is 0 Å². The molecule has 1 heterocycles. The van der Waals surface area contributed by atoms with Crippen LogP contribution in [-0.4, -0.2) is 25.2 Å². The van der Waals surface area contributed by atoms with Crippen LogP contribution in [0.4, 0.5) is 0 Å². The number of carbonyl (C=O) groups excluding carboxylic acids is 1. The molecule has 0 aromatic heterocycles. The van der Waals surface area contributed by atoms with Gasteiger partial charge < -0.3 is 14.8 Å². The highest BCUT2D eigenvalue weighted by Gasteiger charge is 2.21. The number of fused-ring (bicyclic) bond motifs is 1. The maximum absolute atomic E-state index is 12.3. The van der Waals surface area contributed by atoms with E-state index in [-0.39, 0.29) is 11.9 Å². The SMILES string of the molecule is CC(C)C(NC(=O)c1ccc2c(c1)OCCO2)C(C)C. The Balaban J connectivity index is 2.13. The maximum Gasteiger partial charge on any atom is 0.251 e. The maximum atomic E-state index is 12.3. The van der Waals surface area contributed by atoms with Crippen molar-refractivity contribution in [2.24, 2.45) is 11.8 Å². The molecule has 110 valence electrons. The molecule has 0 saturated heterocycles. The van der Waals surface area contributed by atoms with Crippen molar-refractivity contribution in [2.75, 3.05) is 13.2 Å². The molecule has 1 aliphatic rings. The number of rotatable bonds is 4. The highest BCUT2D eigenvalue weighted by Crippen LogP contribution is 2.30. The van der Waals surface area contributed by atoms with Crippen molar-refractivity contribution in [3.05, 3.63) is 23.8 Å². The lowest BCUT2D eigenvalue weighted by Crippen LogP contribution is -2.42. The first-order valence-electron chi connectivity index (χ1n) is 7.19. The topological polar surface area (TPSA) is 47.6 Å². The molecule has 0 bridgehead atoms. The molecule has 1 amide bonds. The first-order valence-corrected chi connectivity index (χ1v) is 7.19. The summed E-state index contributed by atoms with van der Waals surface area (Å²) in [4.78, 5) is 12.3. The van der Waals surface area contributed by atoms with Crippen LogP contribution in [0.1, 0.15) is 38.1 Å². The lowest BCUT2D eigenvalue weighted by Gasteiger charge is -2.26. The highest BCUT2D eigenvalue weighted by molar-refractivity contribution is 5.95. The average Bonchev–Trinajstić information content (AvgIpc) is 2.43. The zero-order valence-electron chi connectivity index (χ0n) is 12.6. The van der Waals surface area contributed by atoms with E-state index in [9.17, 15) is 4.79 Å². The summed E-state index contributed by atoms with van der Waals surface area (Å²) in [6.45, 7) is 9.56. The van der Waals surface area contributed by atoms with Crippen LogP contribution in [0, 0.1) is 11.8 Å². The Kier molecular flexibility index (Phi) is 4.53. The zero-order chi connectivity index (χ0) is 14.7. The largest absolute Gasteiger partial charge is 0.486 e. The van der Waals surface area contributed by atoms with E-state index in [2.05, 4.69) is 33.0 Å². The van der Waals surface area contributed by atoms with Crippen LogP contribution in [0.2, 0.25) is 0 Å². The Labute approximate surface area is 120 Å². The van der Waals surface area contributed by atoms with Gasteiger partial charge in [-0.05, 0) is 30.0 Å². The van der Waals surface area contributed by atoms with E-state index in [4.69, 9.17) is 9.47 Å². The molecule has 1 aromatic rings. The second kappa shape index (κ2) is 6.16. The standard InChI is InChI=1S/C16H23NO3/c1-10(2)15(11(3)4)17-16(18)12-5-6-13-14(9-12)20-8-7-19-13/h5-6,9-11,15H,7-8H2,1-4H3,(H,17,18). The van der Waals surface area contributed by atoms with Crippen LogP contribution >= 0.6 is 0 Å². The molecular weight excluding hydrogens is 254 g/mol. The summed E-state index contributed by atoms with van der Waals surface area (Å²) in [7, 11) is 0. The summed E-state index contributed by atoms with van der Waals surface area (Å²) in [6.07, 6.45) is 0. The fourth-order valence-corrected chi connectivity index (χ4v) is 2.52. The molecule has 1 aromatic carbocycles. The second-order valence-electron chi connectivity index (χ2n) is 5.85. The number of benzene rings is 1. The average molecular weight is 277 g/mol. The van der Waals surface area contributed by atoms with Gasteiger partial charge in [0.1, 0.15) is 13.2 Å². The predicted octanol–water partition coefficient (Wildman–Crippen LogP) is 2.87. The summed E-state index contributed by atoms with van der Waals surface area (Å²) in [5, 5.41) is 3.10. The third-order valence-corrected chi connectivity index (χ3v) is 3.54. The Bertz CT molecular complexity index is 475. The van der Waals surface area contributed by atoms with Gasteiger partial charge in [0.15, 0.2) is 11.5 Å². The molecule has 0 radical (unpaired) electrons. The van der Waals surface area contributed by atoms with Crippen molar-refractivity contribution >= 4 is 5.91 Å². The first kappa shape index (κ1) is 14.7. The van der Waals surface area contributed by atoms with Gasteiger partial charge in [-0.3, -0.25) is 4.79 Å². The third kappa shape index (κ3) is 3.24. The molecule has 0 spiro atoms. The van der Waals surface area contributed by atoms with E-state index in [1.54, 1.807) is 18.2 Å². The van der Waals surface area contributed by atoms with Crippen LogP contribution < -0.4 is 14.8 Å². The number of hydrogen-bond acceptors (Lipinski definition) is 3. The summed E-state index contributed by atoms with van der Waals surface area (Å²) in [5.74, 6) is 2.09. The van der Waals surface area contributed by atoms with Gasteiger partial charge in [-0.1, -0.05) is 27.7 Å². The van der Waals surface area contributed by atoms with E-state index < -0.39 is 0 Å². The predicted molar refractivity (Wildman–Crippen MR) is 78.4 cm³/mol. The molecule has 0 saturated carbocycles. The minimum atomic E-state index is -0.0608. The van der Waals surface area contributed by atoms with Gasteiger partial charge in [-0.25, -0.2) is 0 Å². The van der Waals surface area contributed by atoms with Gasteiger partial charge in [0, 0.05) is 11.6 Å². The molecule has 0 unspecified atom stereocenters. The smallest absolute Gasteiger partial charge is 0.251 e. The van der Waals surface area contributed by atoms with Crippen molar-refractivity contribution in [1.29, 1.82) is 0 Å². The van der Waals surface area contributed by atoms with Gasteiger partial charge in [0.05, 0.1) is 0 Å². The fraction of sp³-hybridized carbons (Fsp3) is 0.562. The highest BCUT2D eigenvalue weighted by atomic mass is 16.6. The summed E-state index contributed by atoms with van der Waals surface area (Å²) in [5.41, 5.74) is 0.612. The van der Waals surface area contributed by atoms with E-state index in [1.807, 2.05) is 0 Å². The van der Waals surface area contributed by atoms with Crippen molar-refractivity contribution in [3.8, 4) is 11.5 Å². The molecule has 4 heteroatoms. The van der Waals surface area contributed by atoms with E-state index in [0.29, 0.717) is 42.1 Å². The van der Waals surface area contributed by atoms with Gasteiger partial charge in [-0.15, -0.1) is 0 Å². The van der Waals surface area contributed by atoms with Crippen LogP contribution in [-0.2, 0) is 0 Å². The van der Waals surface area contributed by atoms with Crippen LogP contribution in [0.3, 0.4) is 0 Å². The van der Waals surface area contributed by atoms with E-state index in [1.165, 1.54) is 0 Å². The Morgan fingerprint density at radius 3 is 2.25 bits per heavy atom. The van der Waals surface area contributed by atoms with Crippen molar-refractivity contribution < 1.29 is 14.3 Å². The summed E-state index contributed by atoms with van der Waals surface area (Å²) in [6, 6.07) is 5.49. The minimum Gasteiger partial charge on any atom is -0.486 e. The Morgan fingerprint density at radius 2 is 1.65 bits per heavy atom. The minimum absolute atomic E-state index is 0.0608. The second-order valence-corrected chi connectivity index (χ2v) is 5.85. The summed E-state index contributed by atoms with van der Waals surface area (Å²) >= 11 is 0. The van der Waals surface area contributed by atoms with Crippen molar-refractivity contribution in [2.45, 2.75) is 33.7 Å². The molecule has 1 N–H and O–H groups in total. The molecule has 1 aliphatic heterocycles. The fourth-order valence-electron chi connectivity index (χ4n) is 2.52. The zero-order valence-corrected chi connectivity index (χ0v) is 12.6. The van der Waals surface area contributed by atoms with Crippen LogP contribution in [0.5, 0.6) is 11.5 Å². The Hall–Kier alpha value is -1.71. The molecule has 2 rings (SSSR count). The number of amides is 1. The lowest BCUT2D eigenvalue weighted by molar-refractivity contribution is 0.0909. The van der Waals surface area contributed by atoms with Gasteiger partial charge in [0.2, 0.25) is 0 Å². The molecule has 0 fully saturated rings. The molecule has 0 atom stereocenters. The van der Waals surface area contributed by atoms with Gasteiger partial charge in [0.25, 0.3) is 5.91 Å². The first-order chi connectivity index (χ1) is 9.49. The number of hydrogen-bond donors (Lipinski definition) is 1. The monoisotopic (exact) mass is 277 g/mol. The lowest BCUT2D eigenvalue weighted by atomic mass is 9.93. The molecular formula is C16H23NO3. The van der Waals surface area contributed by atoms with E-state index >= 15 is 0 Å². The molecule has 20 heavy (non-hydrogen) atoms. The van der Waals surface area contributed by atoms with Crippen LogP contribution in [0.15, 0.2) is 18.2 Å². The Morgan fingerprint density at radius 1 is 1.05 bits per heavy atom. The van der Waals surface area contributed by atoms with E-state index in [0.717, 1.165) is 0 Å². The normalized spacial score (nSPS) is 13.9.